The second-order valence-corrected chi connectivity index (χ2v) is 10.8. The highest BCUT2D eigenvalue weighted by Gasteiger charge is 2.36. The number of carbonyl (C=O) groups is 2. The molecular weight excluding hydrogens is 544 g/mol. The lowest BCUT2D eigenvalue weighted by atomic mass is 10.2. The van der Waals surface area contributed by atoms with Crippen molar-refractivity contribution in [2.45, 2.75) is 19.0 Å². The smallest absolute Gasteiger partial charge is 0.234 e. The average molecular weight is 565 g/mol. The second-order valence-electron chi connectivity index (χ2n) is 7.10. The summed E-state index contributed by atoms with van der Waals surface area (Å²) < 4.78 is 1.75. The first-order chi connectivity index (χ1) is 13.5. The van der Waals surface area contributed by atoms with Crippen molar-refractivity contribution in [1.82, 2.24) is 20.1 Å². The maximum atomic E-state index is 12.6. The number of carbonyl (C=O) groups excluding carboxylic acids is 2. The van der Waals surface area contributed by atoms with E-state index in [2.05, 4.69) is 58.0 Å². The molecule has 1 N–H and O–H groups in total. The van der Waals surface area contributed by atoms with Gasteiger partial charge in [0.05, 0.1) is 20.2 Å². The number of Topliss-reactive ketones (excluding diaryl/α,β-unsaturated/α-hetero) is 1. The van der Waals surface area contributed by atoms with Crippen LogP contribution in [0.1, 0.15) is 33.9 Å². The molecule has 0 saturated carbocycles. The molecule has 156 valence electrons. The number of hydrogen-bond donors (Lipinski definition) is 1. The Bertz CT molecular complexity index is 888. The number of nitrogens with zero attached hydrogens (tertiary/aromatic N) is 3. The van der Waals surface area contributed by atoms with Gasteiger partial charge in [-0.15, -0.1) is 23.7 Å². The number of aromatic nitrogens is 1. The molecule has 2 aliphatic rings. The zero-order valence-electron chi connectivity index (χ0n) is 15.6. The molecule has 1 aliphatic heterocycles. The Morgan fingerprint density at radius 2 is 1.93 bits per heavy atom. The van der Waals surface area contributed by atoms with E-state index in [0.717, 1.165) is 45.9 Å². The number of amides is 1. The van der Waals surface area contributed by atoms with Gasteiger partial charge in [0.15, 0.2) is 5.78 Å². The van der Waals surface area contributed by atoms with Crippen LogP contribution in [0.5, 0.6) is 0 Å². The number of ketones is 1. The third kappa shape index (κ3) is 5.26. The molecule has 4 rings (SSSR count). The predicted molar refractivity (Wildman–Crippen MR) is 123 cm³/mol. The van der Waals surface area contributed by atoms with Crippen LogP contribution in [0.25, 0.3) is 0 Å². The molecule has 1 atom stereocenters. The van der Waals surface area contributed by atoms with E-state index in [1.54, 1.807) is 6.20 Å². The van der Waals surface area contributed by atoms with Crippen molar-refractivity contribution >= 4 is 67.3 Å². The summed E-state index contributed by atoms with van der Waals surface area (Å²) in [6, 6.07) is 3.81. The molecular formula is C19H21Br2ClN4O2S. The second kappa shape index (κ2) is 9.98. The first kappa shape index (κ1) is 22.8. The summed E-state index contributed by atoms with van der Waals surface area (Å²) in [6.45, 7) is 4.83. The summed E-state index contributed by atoms with van der Waals surface area (Å²) in [5.74, 6) is 0.0544. The van der Waals surface area contributed by atoms with Crippen LogP contribution in [0.3, 0.4) is 0 Å². The molecule has 2 aromatic rings. The predicted octanol–water partition coefficient (Wildman–Crippen LogP) is 3.65. The summed E-state index contributed by atoms with van der Waals surface area (Å²) in [4.78, 5) is 33.5. The highest BCUT2D eigenvalue weighted by atomic mass is 79.9. The third-order valence-corrected chi connectivity index (χ3v) is 7.75. The Labute approximate surface area is 196 Å². The van der Waals surface area contributed by atoms with Crippen molar-refractivity contribution in [2.24, 2.45) is 0 Å². The van der Waals surface area contributed by atoms with Gasteiger partial charge in [-0.3, -0.25) is 24.4 Å². The van der Waals surface area contributed by atoms with Gasteiger partial charge in [-0.2, -0.15) is 0 Å². The quantitative estimate of drug-likeness (QED) is 0.601. The van der Waals surface area contributed by atoms with Gasteiger partial charge in [-0.25, -0.2) is 0 Å². The van der Waals surface area contributed by atoms with Gasteiger partial charge >= 0.3 is 0 Å². The van der Waals surface area contributed by atoms with Gasteiger partial charge in [0, 0.05) is 62.7 Å². The van der Waals surface area contributed by atoms with E-state index in [9.17, 15) is 9.59 Å². The highest BCUT2D eigenvalue weighted by Crippen LogP contribution is 2.46. The monoisotopic (exact) mass is 562 g/mol. The molecule has 0 spiro atoms. The highest BCUT2D eigenvalue weighted by molar-refractivity contribution is 9.12. The number of rotatable bonds is 5. The first-order valence-corrected chi connectivity index (χ1v) is 11.6. The maximum Gasteiger partial charge on any atom is 0.234 e. The zero-order chi connectivity index (χ0) is 19.7. The topological polar surface area (TPSA) is 65.5 Å². The lowest BCUT2D eigenvalue weighted by molar-refractivity contribution is -0.123. The van der Waals surface area contributed by atoms with Gasteiger partial charge in [0.1, 0.15) is 0 Å². The van der Waals surface area contributed by atoms with Gasteiger partial charge < -0.3 is 5.32 Å². The standard InChI is InChI=1S/C19H20Br2N4O2S.ClH/c20-18-16-13(8-14(26)17(16)19(21)28-18)23-15(27)11-25-6-4-24(5-7-25)10-12-2-1-3-22-9-12;/h1-3,9,13H,4-8,10-11H2,(H,23,27);1H. The summed E-state index contributed by atoms with van der Waals surface area (Å²) in [5.41, 5.74) is 2.84. The fraction of sp³-hybridized carbons (Fsp3) is 0.421. The van der Waals surface area contributed by atoms with Crippen molar-refractivity contribution in [2.75, 3.05) is 32.7 Å². The van der Waals surface area contributed by atoms with Gasteiger partial charge in [-0.1, -0.05) is 6.07 Å². The first-order valence-electron chi connectivity index (χ1n) is 9.15. The van der Waals surface area contributed by atoms with E-state index in [1.165, 1.54) is 16.9 Å². The van der Waals surface area contributed by atoms with E-state index in [1.807, 2.05) is 12.3 Å². The molecule has 0 radical (unpaired) electrons. The molecule has 1 saturated heterocycles. The number of thiophene rings is 1. The van der Waals surface area contributed by atoms with Crippen molar-refractivity contribution in [3.63, 3.8) is 0 Å². The summed E-state index contributed by atoms with van der Waals surface area (Å²) in [5, 5.41) is 3.05. The molecule has 10 heteroatoms. The van der Waals surface area contributed by atoms with Gasteiger partial charge in [-0.05, 0) is 43.5 Å². The Balaban J connectivity index is 0.00000240. The number of hydrogen-bond acceptors (Lipinski definition) is 6. The minimum atomic E-state index is -0.237. The summed E-state index contributed by atoms with van der Waals surface area (Å²) >= 11 is 8.46. The van der Waals surface area contributed by atoms with Crippen LogP contribution in [0, 0.1) is 0 Å². The lowest BCUT2D eigenvalue weighted by Crippen LogP contribution is -2.49. The van der Waals surface area contributed by atoms with E-state index in [0.29, 0.717) is 18.5 Å². The number of fused-ring (bicyclic) bond motifs is 1. The number of pyridine rings is 1. The molecule has 1 amide bonds. The van der Waals surface area contributed by atoms with Gasteiger partial charge in [0.25, 0.3) is 0 Å². The van der Waals surface area contributed by atoms with E-state index in [4.69, 9.17) is 0 Å². The normalized spacial score (nSPS) is 19.7. The lowest BCUT2D eigenvalue weighted by Gasteiger charge is -2.34. The molecule has 2 aromatic heterocycles. The summed E-state index contributed by atoms with van der Waals surface area (Å²) in [7, 11) is 0. The Morgan fingerprint density at radius 1 is 1.21 bits per heavy atom. The number of halogens is 3. The fourth-order valence-corrected chi connectivity index (χ4v) is 7.14. The van der Waals surface area contributed by atoms with Crippen molar-refractivity contribution in [3.05, 3.63) is 48.8 Å². The molecule has 29 heavy (non-hydrogen) atoms. The van der Waals surface area contributed by atoms with E-state index in [-0.39, 0.29) is 30.1 Å². The minimum absolute atomic E-state index is 0. The third-order valence-electron chi connectivity index (χ3n) is 5.17. The Hall–Kier alpha value is -0.840. The van der Waals surface area contributed by atoms with E-state index < -0.39 is 0 Å². The molecule has 3 heterocycles. The molecule has 1 unspecified atom stereocenters. The molecule has 1 fully saturated rings. The Morgan fingerprint density at radius 3 is 2.62 bits per heavy atom. The largest absolute Gasteiger partial charge is 0.348 e. The zero-order valence-corrected chi connectivity index (χ0v) is 20.4. The minimum Gasteiger partial charge on any atom is -0.348 e. The average Bonchev–Trinajstić information content (AvgIpc) is 3.15. The fourth-order valence-electron chi connectivity index (χ4n) is 3.77. The van der Waals surface area contributed by atoms with Crippen molar-refractivity contribution in [3.8, 4) is 0 Å². The summed E-state index contributed by atoms with van der Waals surface area (Å²) in [6.07, 6.45) is 4.02. The van der Waals surface area contributed by atoms with Crippen LogP contribution >= 0.6 is 55.6 Å². The molecule has 0 aromatic carbocycles. The van der Waals surface area contributed by atoms with E-state index >= 15 is 0 Å². The van der Waals surface area contributed by atoms with Crippen LogP contribution in [0.15, 0.2) is 32.1 Å². The Kier molecular flexibility index (Phi) is 7.86. The van der Waals surface area contributed by atoms with Crippen LogP contribution in [0.2, 0.25) is 0 Å². The van der Waals surface area contributed by atoms with Crippen LogP contribution in [-0.2, 0) is 11.3 Å². The van der Waals surface area contributed by atoms with Crippen molar-refractivity contribution in [1.29, 1.82) is 0 Å². The van der Waals surface area contributed by atoms with Crippen LogP contribution in [-0.4, -0.2) is 59.2 Å². The number of nitrogens with one attached hydrogen (secondary N) is 1. The maximum absolute atomic E-state index is 12.6. The SMILES string of the molecule is Cl.O=C(CN1CCN(Cc2cccnc2)CC1)NC1CC(=O)c2c(Br)sc(Br)c21. The van der Waals surface area contributed by atoms with Gasteiger partial charge in [0.2, 0.25) is 5.91 Å². The number of piperazine rings is 1. The molecule has 1 aliphatic carbocycles. The van der Waals surface area contributed by atoms with Crippen molar-refractivity contribution < 1.29 is 9.59 Å². The van der Waals surface area contributed by atoms with Crippen LogP contribution < -0.4 is 5.32 Å². The van der Waals surface area contributed by atoms with Crippen LogP contribution in [0.4, 0.5) is 0 Å². The molecule has 6 nitrogen and oxygen atoms in total. The molecule has 0 bridgehead atoms.